The number of nitrogens with one attached hydrogen (secondary N) is 1. The molecule has 1 aromatic heterocycles. The second kappa shape index (κ2) is 4.40. The molecule has 1 aliphatic heterocycles. The third-order valence-corrected chi connectivity index (χ3v) is 2.65. The molecule has 2 rings (SSSR count). The van der Waals surface area contributed by atoms with E-state index in [9.17, 15) is 4.79 Å². The number of aromatic nitrogens is 1. The number of hydrogen-bond donors (Lipinski definition) is 1. The van der Waals surface area contributed by atoms with Crippen LogP contribution < -0.4 is 5.32 Å². The van der Waals surface area contributed by atoms with E-state index >= 15 is 0 Å². The lowest BCUT2D eigenvalue weighted by molar-refractivity contribution is 0.0938. The molecule has 1 aliphatic rings. The topological polar surface area (TPSA) is 45.2 Å². The predicted molar refractivity (Wildman–Crippen MR) is 57.6 cm³/mol. The summed E-state index contributed by atoms with van der Waals surface area (Å²) in [6, 6.07) is 3.83. The van der Waals surface area contributed by atoms with E-state index in [-0.39, 0.29) is 11.9 Å². The zero-order valence-corrected chi connectivity index (χ0v) is 8.81. The van der Waals surface area contributed by atoms with Gasteiger partial charge in [-0.05, 0) is 32.1 Å². The van der Waals surface area contributed by atoms with Gasteiger partial charge in [0.15, 0.2) is 0 Å². The number of hydrogen-bond acceptors (Lipinski definition) is 3. The molecule has 1 amide bonds. The van der Waals surface area contributed by atoms with Crippen molar-refractivity contribution in [1.82, 2.24) is 15.2 Å². The maximum absolute atomic E-state index is 11.7. The molecule has 1 atom stereocenters. The predicted octanol–water partition coefficient (Wildman–Crippen LogP) is 0.515. The van der Waals surface area contributed by atoms with Crippen LogP contribution >= 0.6 is 0 Å². The number of rotatable bonds is 2. The molecule has 2 heterocycles. The lowest BCUT2D eigenvalue weighted by Gasteiger charge is -2.12. The summed E-state index contributed by atoms with van der Waals surface area (Å²) in [4.78, 5) is 17.9. The van der Waals surface area contributed by atoms with Crippen LogP contribution in [-0.2, 0) is 0 Å². The molecule has 0 saturated carbocycles. The van der Waals surface area contributed by atoms with Crippen molar-refractivity contribution in [2.75, 3.05) is 20.1 Å². The fourth-order valence-electron chi connectivity index (χ4n) is 1.82. The van der Waals surface area contributed by atoms with E-state index in [2.05, 4.69) is 22.2 Å². The van der Waals surface area contributed by atoms with Gasteiger partial charge in [0, 0.05) is 25.0 Å². The summed E-state index contributed by atoms with van der Waals surface area (Å²) in [5, 5.41) is 3.00. The van der Waals surface area contributed by atoms with Crippen LogP contribution in [0.3, 0.4) is 0 Å². The van der Waals surface area contributed by atoms with Crippen molar-refractivity contribution in [2.45, 2.75) is 12.5 Å². The summed E-state index contributed by atoms with van der Waals surface area (Å²) in [6.07, 6.45) is 4.29. The Balaban J connectivity index is 1.93. The van der Waals surface area contributed by atoms with Crippen molar-refractivity contribution in [3.8, 4) is 0 Å². The minimum Gasteiger partial charge on any atom is -0.348 e. The van der Waals surface area contributed by atoms with Gasteiger partial charge in [0.1, 0.15) is 0 Å². The number of likely N-dealkylation sites (tertiary alicyclic amines) is 1. The highest BCUT2D eigenvalue weighted by molar-refractivity contribution is 5.94. The third-order valence-electron chi connectivity index (χ3n) is 2.65. The summed E-state index contributed by atoms with van der Waals surface area (Å²) in [6.45, 7) is 1.99. The van der Waals surface area contributed by atoms with Crippen molar-refractivity contribution in [3.63, 3.8) is 0 Å². The van der Waals surface area contributed by atoms with Gasteiger partial charge >= 0.3 is 0 Å². The molecular weight excluding hydrogens is 190 g/mol. The van der Waals surface area contributed by atoms with Crippen LogP contribution in [0.5, 0.6) is 0 Å². The number of carbonyl (C=O) groups is 1. The smallest absolute Gasteiger partial charge is 0.253 e. The molecule has 80 valence electrons. The van der Waals surface area contributed by atoms with Gasteiger partial charge in [-0.15, -0.1) is 0 Å². The summed E-state index contributed by atoms with van der Waals surface area (Å²) in [5.74, 6) is -0.0246. The van der Waals surface area contributed by atoms with Gasteiger partial charge in [-0.2, -0.15) is 0 Å². The first-order valence-corrected chi connectivity index (χ1v) is 5.15. The SMILES string of the molecule is CN1CC[C@@H](NC(=O)c2cccnc2)C1. The highest BCUT2D eigenvalue weighted by Gasteiger charge is 2.21. The first-order chi connectivity index (χ1) is 7.25. The van der Waals surface area contributed by atoms with E-state index < -0.39 is 0 Å². The summed E-state index contributed by atoms with van der Waals surface area (Å²) in [5.41, 5.74) is 0.632. The van der Waals surface area contributed by atoms with Gasteiger partial charge in [0.25, 0.3) is 5.91 Å². The van der Waals surface area contributed by atoms with Crippen molar-refractivity contribution < 1.29 is 4.79 Å². The Labute approximate surface area is 89.3 Å². The molecule has 0 aromatic carbocycles. The van der Waals surface area contributed by atoms with E-state index in [1.165, 1.54) is 0 Å². The molecule has 4 heteroatoms. The van der Waals surface area contributed by atoms with E-state index in [1.54, 1.807) is 24.5 Å². The Morgan fingerprint density at radius 2 is 2.53 bits per heavy atom. The van der Waals surface area contributed by atoms with Crippen molar-refractivity contribution in [3.05, 3.63) is 30.1 Å². The molecule has 1 fully saturated rings. The van der Waals surface area contributed by atoms with Crippen LogP contribution in [0.15, 0.2) is 24.5 Å². The second-order valence-corrected chi connectivity index (χ2v) is 3.96. The Kier molecular flexibility index (Phi) is 2.97. The molecule has 0 radical (unpaired) electrons. The first kappa shape index (κ1) is 10.1. The minimum absolute atomic E-state index is 0.0246. The van der Waals surface area contributed by atoms with Crippen molar-refractivity contribution in [2.24, 2.45) is 0 Å². The first-order valence-electron chi connectivity index (χ1n) is 5.15. The minimum atomic E-state index is -0.0246. The maximum Gasteiger partial charge on any atom is 0.253 e. The third kappa shape index (κ3) is 2.53. The zero-order valence-electron chi connectivity index (χ0n) is 8.81. The maximum atomic E-state index is 11.7. The normalized spacial score (nSPS) is 21.5. The Morgan fingerprint density at radius 3 is 3.13 bits per heavy atom. The highest BCUT2D eigenvalue weighted by Crippen LogP contribution is 2.07. The molecule has 1 N–H and O–H groups in total. The largest absolute Gasteiger partial charge is 0.348 e. The molecule has 15 heavy (non-hydrogen) atoms. The fraction of sp³-hybridized carbons (Fsp3) is 0.455. The summed E-state index contributed by atoms with van der Waals surface area (Å²) in [7, 11) is 2.07. The van der Waals surface area contributed by atoms with E-state index in [1.807, 2.05) is 0 Å². The lowest BCUT2D eigenvalue weighted by atomic mass is 10.2. The standard InChI is InChI=1S/C11H15N3O/c1-14-6-4-10(8-14)13-11(15)9-3-2-5-12-7-9/h2-3,5,7,10H,4,6,8H2,1H3,(H,13,15)/t10-/m1/s1. The van der Waals surface area contributed by atoms with Crippen LogP contribution in [0.4, 0.5) is 0 Å². The molecule has 0 spiro atoms. The molecule has 4 nitrogen and oxygen atoms in total. The highest BCUT2D eigenvalue weighted by atomic mass is 16.1. The molecular formula is C11H15N3O. The molecule has 0 bridgehead atoms. The zero-order chi connectivity index (χ0) is 10.7. The molecule has 0 aliphatic carbocycles. The van der Waals surface area contributed by atoms with Crippen LogP contribution in [0, 0.1) is 0 Å². The number of likely N-dealkylation sites (N-methyl/N-ethyl adjacent to an activating group) is 1. The van der Waals surface area contributed by atoms with Crippen LogP contribution in [0.1, 0.15) is 16.8 Å². The average Bonchev–Trinajstić information content (AvgIpc) is 2.65. The average molecular weight is 205 g/mol. The number of amides is 1. The van der Waals surface area contributed by atoms with Gasteiger partial charge in [-0.3, -0.25) is 9.78 Å². The van der Waals surface area contributed by atoms with Crippen LogP contribution in [0.2, 0.25) is 0 Å². The van der Waals surface area contributed by atoms with E-state index in [0.717, 1.165) is 19.5 Å². The number of pyridine rings is 1. The van der Waals surface area contributed by atoms with Gasteiger partial charge in [-0.25, -0.2) is 0 Å². The van der Waals surface area contributed by atoms with Gasteiger partial charge < -0.3 is 10.2 Å². The molecule has 0 unspecified atom stereocenters. The van der Waals surface area contributed by atoms with Crippen LogP contribution in [0.25, 0.3) is 0 Å². The monoisotopic (exact) mass is 205 g/mol. The van der Waals surface area contributed by atoms with Gasteiger partial charge in [0.05, 0.1) is 5.56 Å². The Hall–Kier alpha value is -1.42. The summed E-state index contributed by atoms with van der Waals surface area (Å²) >= 11 is 0. The van der Waals surface area contributed by atoms with Crippen molar-refractivity contribution in [1.29, 1.82) is 0 Å². The van der Waals surface area contributed by atoms with Crippen LogP contribution in [-0.4, -0.2) is 42.0 Å². The number of carbonyl (C=O) groups excluding carboxylic acids is 1. The van der Waals surface area contributed by atoms with E-state index in [4.69, 9.17) is 0 Å². The molecule has 1 saturated heterocycles. The number of nitrogens with zero attached hydrogens (tertiary/aromatic N) is 2. The summed E-state index contributed by atoms with van der Waals surface area (Å²) < 4.78 is 0. The Morgan fingerprint density at radius 1 is 1.67 bits per heavy atom. The quantitative estimate of drug-likeness (QED) is 0.765. The van der Waals surface area contributed by atoms with Crippen molar-refractivity contribution >= 4 is 5.91 Å². The molecule has 1 aromatic rings. The van der Waals surface area contributed by atoms with Gasteiger partial charge in [-0.1, -0.05) is 0 Å². The second-order valence-electron chi connectivity index (χ2n) is 3.96. The van der Waals surface area contributed by atoms with Gasteiger partial charge in [0.2, 0.25) is 0 Å². The van der Waals surface area contributed by atoms with E-state index in [0.29, 0.717) is 5.56 Å². The Bertz CT molecular complexity index is 339. The lowest BCUT2D eigenvalue weighted by Crippen LogP contribution is -2.36. The fourth-order valence-corrected chi connectivity index (χ4v) is 1.82.